The monoisotopic (exact) mass is 288 g/mol. The number of aliphatic hydroxyl groups is 1. The van der Waals surface area contributed by atoms with Gasteiger partial charge >= 0.3 is 0 Å². The third kappa shape index (κ3) is 4.98. The van der Waals surface area contributed by atoms with Crippen molar-refractivity contribution in [3.8, 4) is 0 Å². The van der Waals surface area contributed by atoms with Crippen LogP contribution in [-0.2, 0) is 11.3 Å². The molecule has 2 atom stereocenters. The van der Waals surface area contributed by atoms with E-state index in [1.54, 1.807) is 0 Å². The molecule has 21 heavy (non-hydrogen) atoms. The lowest BCUT2D eigenvalue weighted by Gasteiger charge is -2.29. The van der Waals surface area contributed by atoms with Crippen LogP contribution >= 0.6 is 0 Å². The number of hydrogen-bond acceptors (Lipinski definition) is 2. The van der Waals surface area contributed by atoms with E-state index in [2.05, 4.69) is 18.7 Å². The van der Waals surface area contributed by atoms with Crippen LogP contribution in [0.15, 0.2) is 42.5 Å². The van der Waals surface area contributed by atoms with Crippen LogP contribution in [0.3, 0.4) is 0 Å². The SMILES string of the molecule is C=C(C1CCCCC1)C(O)C(C)COCc1ccccc1. The standard InChI is InChI=1S/C19H28O2/c1-15(13-21-14-17-9-5-3-6-10-17)19(20)16(2)18-11-7-4-8-12-18/h3,5-6,9-10,15,18-20H,2,4,7-8,11-14H2,1H3. The second kappa shape index (κ2) is 8.35. The van der Waals surface area contributed by atoms with Gasteiger partial charge in [0, 0.05) is 5.92 Å². The summed E-state index contributed by atoms with van der Waals surface area (Å²) in [6, 6.07) is 10.2. The molecule has 1 aromatic carbocycles. The molecule has 0 amide bonds. The van der Waals surface area contributed by atoms with Crippen LogP contribution in [0, 0.1) is 11.8 Å². The molecule has 2 nitrogen and oxygen atoms in total. The highest BCUT2D eigenvalue weighted by Crippen LogP contribution is 2.32. The largest absolute Gasteiger partial charge is 0.388 e. The molecule has 2 unspecified atom stereocenters. The lowest BCUT2D eigenvalue weighted by molar-refractivity contribution is 0.0386. The summed E-state index contributed by atoms with van der Waals surface area (Å²) in [7, 11) is 0. The maximum absolute atomic E-state index is 10.5. The van der Waals surface area contributed by atoms with E-state index in [-0.39, 0.29) is 5.92 Å². The fraction of sp³-hybridized carbons (Fsp3) is 0.579. The Bertz CT molecular complexity index is 420. The van der Waals surface area contributed by atoms with E-state index in [9.17, 15) is 5.11 Å². The van der Waals surface area contributed by atoms with E-state index in [1.807, 2.05) is 25.1 Å². The Morgan fingerprint density at radius 2 is 1.90 bits per heavy atom. The lowest BCUT2D eigenvalue weighted by atomic mass is 9.80. The van der Waals surface area contributed by atoms with Crippen molar-refractivity contribution in [1.82, 2.24) is 0 Å². The molecule has 2 heteroatoms. The van der Waals surface area contributed by atoms with Crippen molar-refractivity contribution >= 4 is 0 Å². The van der Waals surface area contributed by atoms with Gasteiger partial charge in [0.25, 0.3) is 0 Å². The topological polar surface area (TPSA) is 29.5 Å². The Kier molecular flexibility index (Phi) is 6.47. The smallest absolute Gasteiger partial charge is 0.0797 e. The fourth-order valence-electron chi connectivity index (χ4n) is 3.11. The highest BCUT2D eigenvalue weighted by atomic mass is 16.5. The quantitative estimate of drug-likeness (QED) is 0.756. The van der Waals surface area contributed by atoms with Gasteiger partial charge in [-0.25, -0.2) is 0 Å². The van der Waals surface area contributed by atoms with Crippen LogP contribution in [0.2, 0.25) is 0 Å². The zero-order chi connectivity index (χ0) is 15.1. The van der Waals surface area contributed by atoms with Crippen LogP contribution in [0.5, 0.6) is 0 Å². The molecule has 0 aliphatic heterocycles. The number of ether oxygens (including phenoxy) is 1. The summed E-state index contributed by atoms with van der Waals surface area (Å²) >= 11 is 0. The maximum Gasteiger partial charge on any atom is 0.0797 e. The third-order valence-corrected chi connectivity index (χ3v) is 4.54. The Morgan fingerprint density at radius 3 is 2.57 bits per heavy atom. The minimum absolute atomic E-state index is 0.100. The Hall–Kier alpha value is -1.12. The zero-order valence-corrected chi connectivity index (χ0v) is 13.1. The van der Waals surface area contributed by atoms with Crippen molar-refractivity contribution in [2.45, 2.75) is 51.7 Å². The predicted molar refractivity (Wildman–Crippen MR) is 87.0 cm³/mol. The second-order valence-corrected chi connectivity index (χ2v) is 6.33. The van der Waals surface area contributed by atoms with Gasteiger partial charge < -0.3 is 9.84 Å². The zero-order valence-electron chi connectivity index (χ0n) is 13.1. The number of rotatable bonds is 7. The van der Waals surface area contributed by atoms with E-state index < -0.39 is 6.10 Å². The van der Waals surface area contributed by atoms with Gasteiger partial charge in [-0.2, -0.15) is 0 Å². The molecule has 1 aliphatic rings. The van der Waals surface area contributed by atoms with E-state index in [1.165, 1.54) is 37.7 Å². The molecule has 1 fully saturated rings. The number of aliphatic hydroxyl groups excluding tert-OH is 1. The van der Waals surface area contributed by atoms with Crippen molar-refractivity contribution in [3.63, 3.8) is 0 Å². The minimum atomic E-state index is -0.441. The van der Waals surface area contributed by atoms with Crippen molar-refractivity contribution in [3.05, 3.63) is 48.0 Å². The Labute approximate surface area is 128 Å². The first kappa shape index (κ1) is 16.3. The van der Waals surface area contributed by atoms with Gasteiger partial charge in [0.15, 0.2) is 0 Å². The first-order valence-electron chi connectivity index (χ1n) is 8.17. The first-order chi connectivity index (χ1) is 10.2. The van der Waals surface area contributed by atoms with Crippen molar-refractivity contribution in [1.29, 1.82) is 0 Å². The van der Waals surface area contributed by atoms with Gasteiger partial charge in [-0.05, 0) is 29.9 Å². The van der Waals surface area contributed by atoms with Gasteiger partial charge in [-0.15, -0.1) is 0 Å². The second-order valence-electron chi connectivity index (χ2n) is 6.33. The van der Waals surface area contributed by atoms with Crippen molar-refractivity contribution in [2.75, 3.05) is 6.61 Å². The number of benzene rings is 1. The summed E-state index contributed by atoms with van der Waals surface area (Å²) < 4.78 is 5.74. The molecule has 1 aliphatic carbocycles. The molecular weight excluding hydrogens is 260 g/mol. The van der Waals surface area contributed by atoms with Gasteiger partial charge in [0.1, 0.15) is 0 Å². The van der Waals surface area contributed by atoms with E-state index in [0.29, 0.717) is 19.1 Å². The minimum Gasteiger partial charge on any atom is -0.388 e. The molecule has 0 radical (unpaired) electrons. The summed E-state index contributed by atoms with van der Waals surface area (Å²) in [6.45, 7) is 7.38. The van der Waals surface area contributed by atoms with Crippen molar-refractivity contribution in [2.24, 2.45) is 11.8 Å². The third-order valence-electron chi connectivity index (χ3n) is 4.54. The van der Waals surface area contributed by atoms with Crippen LogP contribution in [0.1, 0.15) is 44.6 Å². The lowest BCUT2D eigenvalue weighted by Crippen LogP contribution is -2.28. The molecule has 1 aromatic rings. The number of hydrogen-bond donors (Lipinski definition) is 1. The Morgan fingerprint density at radius 1 is 1.24 bits per heavy atom. The molecule has 0 spiro atoms. The van der Waals surface area contributed by atoms with Crippen LogP contribution in [-0.4, -0.2) is 17.8 Å². The van der Waals surface area contributed by atoms with Crippen molar-refractivity contribution < 1.29 is 9.84 Å². The maximum atomic E-state index is 10.5. The fourth-order valence-corrected chi connectivity index (χ4v) is 3.11. The average molecular weight is 288 g/mol. The van der Waals surface area contributed by atoms with E-state index >= 15 is 0 Å². The average Bonchev–Trinajstić information content (AvgIpc) is 2.55. The molecular formula is C19H28O2. The Balaban J connectivity index is 1.74. The molecule has 116 valence electrons. The molecule has 0 heterocycles. The summed E-state index contributed by atoms with van der Waals surface area (Å²) in [5, 5.41) is 10.5. The summed E-state index contributed by atoms with van der Waals surface area (Å²) in [6.07, 6.45) is 5.81. The summed E-state index contributed by atoms with van der Waals surface area (Å²) in [5.41, 5.74) is 2.19. The van der Waals surface area contributed by atoms with Gasteiger partial charge in [-0.3, -0.25) is 0 Å². The van der Waals surface area contributed by atoms with E-state index in [0.717, 1.165) is 5.57 Å². The van der Waals surface area contributed by atoms with Gasteiger partial charge in [0.2, 0.25) is 0 Å². The first-order valence-corrected chi connectivity index (χ1v) is 8.17. The normalized spacial score (nSPS) is 19.1. The molecule has 0 bridgehead atoms. The highest BCUT2D eigenvalue weighted by molar-refractivity contribution is 5.13. The molecule has 1 saturated carbocycles. The van der Waals surface area contributed by atoms with Gasteiger partial charge in [0.05, 0.1) is 19.3 Å². The summed E-state index contributed by atoms with van der Waals surface area (Å²) in [4.78, 5) is 0. The summed E-state index contributed by atoms with van der Waals surface area (Å²) in [5.74, 6) is 0.605. The molecule has 0 saturated heterocycles. The highest BCUT2D eigenvalue weighted by Gasteiger charge is 2.25. The van der Waals surface area contributed by atoms with Crippen LogP contribution in [0.25, 0.3) is 0 Å². The molecule has 1 N–H and O–H groups in total. The van der Waals surface area contributed by atoms with Crippen LogP contribution in [0.4, 0.5) is 0 Å². The van der Waals surface area contributed by atoms with Gasteiger partial charge in [-0.1, -0.05) is 63.1 Å². The van der Waals surface area contributed by atoms with Crippen LogP contribution < -0.4 is 0 Å². The molecule has 0 aromatic heterocycles. The van der Waals surface area contributed by atoms with E-state index in [4.69, 9.17) is 4.74 Å². The molecule has 2 rings (SSSR count). The predicted octanol–water partition coefficient (Wildman–Crippen LogP) is 4.34.